The lowest BCUT2D eigenvalue weighted by atomic mass is 10.1. The molecule has 0 radical (unpaired) electrons. The Balaban J connectivity index is 2.01. The molecule has 1 fully saturated rings. The zero-order chi connectivity index (χ0) is 14.9. The molecule has 110 valence electrons. The molecule has 1 aromatic carbocycles. The highest BCUT2D eigenvalue weighted by molar-refractivity contribution is 6.35. The van der Waals surface area contributed by atoms with E-state index >= 15 is 0 Å². The molecule has 0 aliphatic carbocycles. The van der Waals surface area contributed by atoms with Crippen LogP contribution in [0.3, 0.4) is 0 Å². The topological polar surface area (TPSA) is 49.8 Å². The van der Waals surface area contributed by atoms with Crippen LogP contribution in [0.4, 0.5) is 0 Å². The summed E-state index contributed by atoms with van der Waals surface area (Å²) in [4.78, 5) is 13.8. The third kappa shape index (κ3) is 3.57. The summed E-state index contributed by atoms with van der Waals surface area (Å²) in [6.45, 7) is 4.25. The fraction of sp³-hybridized carbons (Fsp3) is 0.500. The van der Waals surface area contributed by atoms with E-state index in [2.05, 4.69) is 0 Å². The Bertz CT molecular complexity index is 519. The van der Waals surface area contributed by atoms with Crippen LogP contribution in [0.25, 0.3) is 0 Å². The Hall–Kier alpha value is -0.970. The monoisotopic (exact) mass is 317 g/mol. The molecule has 2 rings (SSSR count). The SMILES string of the molecule is CC(Oc1ccc(Cl)cc1Cl)C(=O)N1CCC(C)(O)C1. The lowest BCUT2D eigenvalue weighted by Gasteiger charge is -2.23. The minimum atomic E-state index is -0.812. The zero-order valence-electron chi connectivity index (χ0n) is 11.4. The highest BCUT2D eigenvalue weighted by Gasteiger charge is 2.36. The van der Waals surface area contributed by atoms with Crippen molar-refractivity contribution in [3.05, 3.63) is 28.2 Å². The molecule has 6 heteroatoms. The summed E-state index contributed by atoms with van der Waals surface area (Å²) in [6.07, 6.45) is -0.0877. The summed E-state index contributed by atoms with van der Waals surface area (Å²) in [5.74, 6) is 0.261. The van der Waals surface area contributed by atoms with Gasteiger partial charge in [0.15, 0.2) is 6.10 Å². The summed E-state index contributed by atoms with van der Waals surface area (Å²) >= 11 is 11.8. The third-order valence-corrected chi connectivity index (χ3v) is 3.84. The fourth-order valence-corrected chi connectivity index (χ4v) is 2.66. The van der Waals surface area contributed by atoms with Gasteiger partial charge in [0, 0.05) is 18.1 Å². The molecule has 0 bridgehead atoms. The number of benzene rings is 1. The Morgan fingerprint density at radius 3 is 2.75 bits per heavy atom. The molecule has 4 nitrogen and oxygen atoms in total. The van der Waals surface area contributed by atoms with Crippen LogP contribution in [0.1, 0.15) is 20.3 Å². The standard InChI is InChI=1S/C14H17Cl2NO3/c1-9(13(18)17-6-5-14(2,19)8-17)20-12-4-3-10(15)7-11(12)16/h3-4,7,9,19H,5-6,8H2,1-2H3. The molecule has 2 unspecified atom stereocenters. The maximum atomic E-state index is 12.2. The van der Waals surface area contributed by atoms with Crippen molar-refractivity contribution in [1.29, 1.82) is 0 Å². The summed E-state index contributed by atoms with van der Waals surface area (Å²) < 4.78 is 5.58. The number of ether oxygens (including phenoxy) is 1. The minimum absolute atomic E-state index is 0.159. The predicted molar refractivity (Wildman–Crippen MR) is 78.4 cm³/mol. The number of aliphatic hydroxyl groups is 1. The number of carbonyl (C=O) groups excluding carboxylic acids is 1. The molecular weight excluding hydrogens is 301 g/mol. The van der Waals surface area contributed by atoms with Crippen LogP contribution in [0.15, 0.2) is 18.2 Å². The normalized spacial score (nSPS) is 23.8. The number of nitrogens with zero attached hydrogens (tertiary/aromatic N) is 1. The largest absolute Gasteiger partial charge is 0.479 e. The van der Waals surface area contributed by atoms with Crippen molar-refractivity contribution in [1.82, 2.24) is 4.90 Å². The number of hydrogen-bond donors (Lipinski definition) is 1. The van der Waals surface area contributed by atoms with E-state index in [0.717, 1.165) is 0 Å². The van der Waals surface area contributed by atoms with Gasteiger partial charge in [-0.1, -0.05) is 23.2 Å². The lowest BCUT2D eigenvalue weighted by molar-refractivity contribution is -0.137. The number of likely N-dealkylation sites (tertiary alicyclic amines) is 1. The van der Waals surface area contributed by atoms with Crippen molar-refractivity contribution in [2.24, 2.45) is 0 Å². The van der Waals surface area contributed by atoms with E-state index in [9.17, 15) is 9.90 Å². The Morgan fingerprint density at radius 1 is 1.50 bits per heavy atom. The van der Waals surface area contributed by atoms with E-state index in [4.69, 9.17) is 27.9 Å². The van der Waals surface area contributed by atoms with Gasteiger partial charge < -0.3 is 14.7 Å². The first-order valence-electron chi connectivity index (χ1n) is 6.41. The van der Waals surface area contributed by atoms with Crippen LogP contribution in [0.5, 0.6) is 5.75 Å². The molecule has 0 saturated carbocycles. The van der Waals surface area contributed by atoms with Crippen LogP contribution in [0, 0.1) is 0 Å². The first-order valence-corrected chi connectivity index (χ1v) is 7.17. The van der Waals surface area contributed by atoms with E-state index in [1.54, 1.807) is 36.9 Å². The molecule has 1 heterocycles. The maximum absolute atomic E-state index is 12.2. The van der Waals surface area contributed by atoms with Gasteiger partial charge in [0.2, 0.25) is 0 Å². The molecule has 0 aromatic heterocycles. The van der Waals surface area contributed by atoms with Crippen LogP contribution in [-0.4, -0.2) is 40.7 Å². The van der Waals surface area contributed by atoms with E-state index in [-0.39, 0.29) is 5.91 Å². The third-order valence-electron chi connectivity index (χ3n) is 3.31. The zero-order valence-corrected chi connectivity index (χ0v) is 12.9. The van der Waals surface area contributed by atoms with Crippen molar-refractivity contribution < 1.29 is 14.6 Å². The van der Waals surface area contributed by atoms with Gasteiger partial charge in [-0.05, 0) is 38.5 Å². The summed E-state index contributed by atoms with van der Waals surface area (Å²) in [5, 5.41) is 10.8. The summed E-state index contributed by atoms with van der Waals surface area (Å²) in [7, 11) is 0. The lowest BCUT2D eigenvalue weighted by Crippen LogP contribution is -2.41. The Labute approximate surface area is 128 Å². The van der Waals surface area contributed by atoms with E-state index < -0.39 is 11.7 Å². The quantitative estimate of drug-likeness (QED) is 0.932. The molecule has 1 aromatic rings. The van der Waals surface area contributed by atoms with E-state index in [1.165, 1.54) is 0 Å². The summed E-state index contributed by atoms with van der Waals surface area (Å²) in [5.41, 5.74) is -0.812. The molecule has 1 aliphatic heterocycles. The Morgan fingerprint density at radius 2 is 2.20 bits per heavy atom. The van der Waals surface area contributed by atoms with Gasteiger partial charge in [0.05, 0.1) is 10.6 Å². The average Bonchev–Trinajstić information content (AvgIpc) is 2.72. The van der Waals surface area contributed by atoms with Gasteiger partial charge in [0.1, 0.15) is 5.75 Å². The highest BCUT2D eigenvalue weighted by Crippen LogP contribution is 2.29. The first kappa shape index (κ1) is 15.4. The van der Waals surface area contributed by atoms with Crippen molar-refractivity contribution >= 4 is 29.1 Å². The smallest absolute Gasteiger partial charge is 0.263 e. The second-order valence-electron chi connectivity index (χ2n) is 5.34. The molecule has 1 amide bonds. The number of carbonyl (C=O) groups is 1. The molecule has 0 spiro atoms. The molecule has 1 N–H and O–H groups in total. The maximum Gasteiger partial charge on any atom is 0.263 e. The second-order valence-corrected chi connectivity index (χ2v) is 6.19. The fourth-order valence-electron chi connectivity index (χ4n) is 2.20. The summed E-state index contributed by atoms with van der Waals surface area (Å²) in [6, 6.07) is 4.85. The molecule has 2 atom stereocenters. The van der Waals surface area contributed by atoms with Gasteiger partial charge in [0.25, 0.3) is 5.91 Å². The van der Waals surface area contributed by atoms with E-state index in [0.29, 0.717) is 35.3 Å². The van der Waals surface area contributed by atoms with Crippen molar-refractivity contribution in [3.63, 3.8) is 0 Å². The van der Waals surface area contributed by atoms with Crippen LogP contribution < -0.4 is 4.74 Å². The molecule has 20 heavy (non-hydrogen) atoms. The average molecular weight is 318 g/mol. The van der Waals surface area contributed by atoms with Crippen LogP contribution in [-0.2, 0) is 4.79 Å². The van der Waals surface area contributed by atoms with Gasteiger partial charge in [-0.2, -0.15) is 0 Å². The number of hydrogen-bond acceptors (Lipinski definition) is 3. The van der Waals surface area contributed by atoms with Crippen LogP contribution in [0.2, 0.25) is 10.0 Å². The second kappa shape index (κ2) is 5.80. The number of amides is 1. The molecule has 1 saturated heterocycles. The van der Waals surface area contributed by atoms with Gasteiger partial charge >= 0.3 is 0 Å². The van der Waals surface area contributed by atoms with Crippen molar-refractivity contribution in [2.45, 2.75) is 32.0 Å². The highest BCUT2D eigenvalue weighted by atomic mass is 35.5. The first-order chi connectivity index (χ1) is 9.28. The van der Waals surface area contributed by atoms with Gasteiger partial charge in [-0.25, -0.2) is 0 Å². The number of halogens is 2. The molecular formula is C14H17Cl2NO3. The van der Waals surface area contributed by atoms with E-state index in [1.807, 2.05) is 0 Å². The number of rotatable bonds is 3. The van der Waals surface area contributed by atoms with Crippen molar-refractivity contribution in [3.8, 4) is 5.75 Å². The van der Waals surface area contributed by atoms with Crippen molar-refractivity contribution in [2.75, 3.05) is 13.1 Å². The van der Waals surface area contributed by atoms with Crippen LogP contribution >= 0.6 is 23.2 Å². The van der Waals surface area contributed by atoms with Gasteiger partial charge in [-0.15, -0.1) is 0 Å². The molecule has 1 aliphatic rings. The minimum Gasteiger partial charge on any atom is -0.479 e. The predicted octanol–water partition coefficient (Wildman–Crippen LogP) is 2.74. The Kier molecular flexibility index (Phi) is 4.47. The number of β-amino-alcohol motifs (C(OH)–C–C–N with tert-alkyl or cyclic N) is 1. The van der Waals surface area contributed by atoms with Gasteiger partial charge in [-0.3, -0.25) is 4.79 Å².